The summed E-state index contributed by atoms with van der Waals surface area (Å²) in [6.07, 6.45) is 13.9. The zero-order valence-electron chi connectivity index (χ0n) is 20.1. The average Bonchev–Trinajstić information content (AvgIpc) is 3.12. The molecule has 4 heteroatoms. The van der Waals surface area contributed by atoms with Crippen LogP contribution in [0.2, 0.25) is 18.1 Å². The molecule has 3 aliphatic carbocycles. The van der Waals surface area contributed by atoms with E-state index in [1.807, 2.05) is 0 Å². The quantitative estimate of drug-likeness (QED) is 0.292. The van der Waals surface area contributed by atoms with E-state index in [2.05, 4.69) is 75.8 Å². The lowest BCUT2D eigenvalue weighted by molar-refractivity contribution is -0.148. The Morgan fingerprint density at radius 1 is 1.17 bits per heavy atom. The van der Waals surface area contributed by atoms with E-state index in [-0.39, 0.29) is 21.7 Å². The minimum Gasteiger partial charge on any atom is -0.413 e. The van der Waals surface area contributed by atoms with Crippen LogP contribution in [0.1, 0.15) is 79.6 Å². The van der Waals surface area contributed by atoms with E-state index >= 15 is 0 Å². The Balaban J connectivity index is 1.49. The van der Waals surface area contributed by atoms with E-state index in [0.717, 1.165) is 6.42 Å². The zero-order chi connectivity index (χ0) is 21.7. The normalized spacial score (nSPS) is 47.9. The second-order valence-electron chi connectivity index (χ2n) is 12.9. The fraction of sp³-hybridized carbons (Fsp3) is 0.846. The summed E-state index contributed by atoms with van der Waals surface area (Å²) in [6.45, 7) is 16.8. The molecule has 0 N–H and O–H groups in total. The van der Waals surface area contributed by atoms with Crippen LogP contribution in [0.5, 0.6) is 0 Å². The number of alkyl halides is 1. The third kappa shape index (κ3) is 2.85. The summed E-state index contributed by atoms with van der Waals surface area (Å²) >= 11 is 3.96. The second-order valence-corrected chi connectivity index (χ2v) is 18.8. The summed E-state index contributed by atoms with van der Waals surface area (Å²) in [6, 6.07) is 0. The molecule has 168 valence electrons. The predicted molar refractivity (Wildman–Crippen MR) is 131 cm³/mol. The first kappa shape index (κ1) is 21.9. The molecule has 0 radical (unpaired) electrons. The van der Waals surface area contributed by atoms with Gasteiger partial charge in [-0.2, -0.15) is 0 Å². The van der Waals surface area contributed by atoms with Crippen molar-refractivity contribution in [2.24, 2.45) is 17.3 Å². The minimum atomic E-state index is -1.78. The zero-order valence-corrected chi connectivity index (χ0v) is 22.7. The van der Waals surface area contributed by atoms with Crippen molar-refractivity contribution in [2.75, 3.05) is 0 Å². The standard InChI is InChI=1S/C26H41BrO2Si/c1-17-14-19-15-18-10-11-24(5)21(8-9-22(24)28-30(6,7)23(2,3)4)26(18)13-12-25(19,29-26)16-20(17)27/h14-15,17,20-22H,8-13,16H2,1-7H3/t17?,20-,21-,22+,24+,25-,26-/m1/s1. The molecule has 0 aromatic carbocycles. The van der Waals surface area contributed by atoms with Crippen molar-refractivity contribution < 1.29 is 9.16 Å². The molecule has 2 spiro atoms. The second kappa shape index (κ2) is 6.58. The molecule has 1 unspecified atom stereocenters. The van der Waals surface area contributed by atoms with Gasteiger partial charge in [0.25, 0.3) is 0 Å². The van der Waals surface area contributed by atoms with Crippen LogP contribution >= 0.6 is 15.9 Å². The van der Waals surface area contributed by atoms with Crippen LogP contribution in [0.15, 0.2) is 23.3 Å². The molecular formula is C26H41BrO2Si. The van der Waals surface area contributed by atoms with Crippen LogP contribution in [0.25, 0.3) is 0 Å². The highest BCUT2D eigenvalue weighted by Crippen LogP contribution is 2.68. The van der Waals surface area contributed by atoms with Crippen LogP contribution in [-0.2, 0) is 9.16 Å². The first-order valence-corrected chi connectivity index (χ1v) is 16.1. The summed E-state index contributed by atoms with van der Waals surface area (Å²) in [5.41, 5.74) is 3.28. The van der Waals surface area contributed by atoms with Gasteiger partial charge >= 0.3 is 0 Å². The van der Waals surface area contributed by atoms with Gasteiger partial charge in [-0.15, -0.1) is 0 Å². The van der Waals surface area contributed by atoms with E-state index < -0.39 is 8.32 Å². The van der Waals surface area contributed by atoms with E-state index in [0.29, 0.717) is 22.8 Å². The van der Waals surface area contributed by atoms with Crippen molar-refractivity contribution in [2.45, 2.75) is 120 Å². The first-order valence-electron chi connectivity index (χ1n) is 12.3. The lowest BCUT2D eigenvalue weighted by Gasteiger charge is -2.56. The van der Waals surface area contributed by atoms with Crippen molar-refractivity contribution in [1.29, 1.82) is 0 Å². The number of hydrogen-bond acceptors (Lipinski definition) is 2. The van der Waals surface area contributed by atoms with Gasteiger partial charge in [-0.25, -0.2) is 0 Å². The maximum Gasteiger partial charge on any atom is 0.192 e. The Kier molecular flexibility index (Phi) is 4.81. The van der Waals surface area contributed by atoms with Gasteiger partial charge < -0.3 is 9.16 Å². The lowest BCUT2D eigenvalue weighted by Crippen LogP contribution is -2.57. The lowest BCUT2D eigenvalue weighted by atomic mass is 9.58. The summed E-state index contributed by atoms with van der Waals surface area (Å²) in [5, 5.41) is 0.265. The van der Waals surface area contributed by atoms with Crippen LogP contribution in [-0.4, -0.2) is 30.5 Å². The molecular weight excluding hydrogens is 452 g/mol. The molecule has 2 heterocycles. The predicted octanol–water partition coefficient (Wildman–Crippen LogP) is 7.54. The summed E-state index contributed by atoms with van der Waals surface area (Å²) in [4.78, 5) is 0.527. The topological polar surface area (TPSA) is 18.5 Å². The average molecular weight is 494 g/mol. The summed E-state index contributed by atoms with van der Waals surface area (Å²) in [5.74, 6) is 1.19. The Labute approximate surface area is 193 Å². The molecule has 3 fully saturated rings. The largest absolute Gasteiger partial charge is 0.413 e. The fourth-order valence-electron chi connectivity index (χ4n) is 7.24. The highest BCUT2D eigenvalue weighted by Gasteiger charge is 2.67. The molecule has 30 heavy (non-hydrogen) atoms. The molecule has 7 atom stereocenters. The van der Waals surface area contributed by atoms with Crippen molar-refractivity contribution >= 4 is 24.2 Å². The highest BCUT2D eigenvalue weighted by atomic mass is 79.9. The van der Waals surface area contributed by atoms with E-state index in [1.165, 1.54) is 44.1 Å². The molecule has 2 saturated carbocycles. The molecule has 0 aromatic rings. The highest BCUT2D eigenvalue weighted by molar-refractivity contribution is 9.09. The van der Waals surface area contributed by atoms with Crippen LogP contribution in [0.3, 0.4) is 0 Å². The number of allylic oxidation sites excluding steroid dienone is 1. The molecule has 2 bridgehead atoms. The molecule has 0 amide bonds. The molecule has 5 aliphatic rings. The first-order chi connectivity index (χ1) is 13.8. The molecule has 0 aromatic heterocycles. The van der Waals surface area contributed by atoms with Gasteiger partial charge in [0.1, 0.15) is 0 Å². The number of hydrogen-bond donors (Lipinski definition) is 0. The number of halogens is 1. The van der Waals surface area contributed by atoms with Crippen molar-refractivity contribution in [3.8, 4) is 0 Å². The molecule has 1 saturated heterocycles. The van der Waals surface area contributed by atoms with Crippen LogP contribution in [0, 0.1) is 17.3 Å². The van der Waals surface area contributed by atoms with Crippen LogP contribution < -0.4 is 0 Å². The van der Waals surface area contributed by atoms with Crippen molar-refractivity contribution in [1.82, 2.24) is 0 Å². The van der Waals surface area contributed by atoms with Gasteiger partial charge in [-0.1, -0.05) is 62.7 Å². The molecule has 2 aliphatic heterocycles. The Morgan fingerprint density at radius 2 is 1.90 bits per heavy atom. The Hall–Kier alpha value is 0.0969. The maximum absolute atomic E-state index is 7.31. The van der Waals surface area contributed by atoms with Gasteiger partial charge in [-0.3, -0.25) is 0 Å². The van der Waals surface area contributed by atoms with Gasteiger partial charge in [-0.05, 0) is 91.5 Å². The van der Waals surface area contributed by atoms with Gasteiger partial charge in [0, 0.05) is 4.83 Å². The van der Waals surface area contributed by atoms with E-state index in [4.69, 9.17) is 9.16 Å². The third-order valence-corrected chi connectivity index (χ3v) is 15.8. The van der Waals surface area contributed by atoms with Gasteiger partial charge in [0.05, 0.1) is 17.3 Å². The van der Waals surface area contributed by atoms with E-state index in [9.17, 15) is 0 Å². The summed E-state index contributed by atoms with van der Waals surface area (Å²) < 4.78 is 14.4. The van der Waals surface area contributed by atoms with Gasteiger partial charge in [0.15, 0.2) is 8.32 Å². The number of rotatable bonds is 2. The smallest absolute Gasteiger partial charge is 0.192 e. The number of fused-ring (bicyclic) bond motifs is 1. The SMILES string of the molecule is CC1C=C2C=C3CC[C@]4(C)[C@@H](O[Si](C)(C)C(C)(C)C)CC[C@H]4[C@@]34CC[C@]2(C[C@H]1Br)O4. The third-order valence-electron chi connectivity index (χ3n) is 10.2. The number of ether oxygens (including phenoxy) is 1. The molecule has 2 nitrogen and oxygen atoms in total. The minimum absolute atomic E-state index is 0.0246. The maximum atomic E-state index is 7.31. The van der Waals surface area contributed by atoms with Crippen molar-refractivity contribution in [3.05, 3.63) is 23.3 Å². The van der Waals surface area contributed by atoms with Crippen molar-refractivity contribution in [3.63, 3.8) is 0 Å². The molecule has 5 rings (SSSR count). The van der Waals surface area contributed by atoms with Gasteiger partial charge in [0.2, 0.25) is 0 Å². The van der Waals surface area contributed by atoms with Crippen LogP contribution in [0.4, 0.5) is 0 Å². The Bertz CT molecular complexity index is 810. The Morgan fingerprint density at radius 3 is 2.60 bits per heavy atom. The summed E-state index contributed by atoms with van der Waals surface area (Å²) in [7, 11) is -1.78. The monoisotopic (exact) mass is 492 g/mol. The van der Waals surface area contributed by atoms with E-state index in [1.54, 1.807) is 5.57 Å². The fourth-order valence-corrected chi connectivity index (χ4v) is 9.37.